The van der Waals surface area contributed by atoms with Crippen LogP contribution in [-0.4, -0.2) is 10.7 Å². The fraction of sp³-hybridized carbons (Fsp3) is 0.462. The zero-order valence-corrected chi connectivity index (χ0v) is 9.93. The summed E-state index contributed by atoms with van der Waals surface area (Å²) in [5.41, 5.74) is 0.623. The van der Waals surface area contributed by atoms with E-state index < -0.39 is 0 Å². The van der Waals surface area contributed by atoms with Crippen molar-refractivity contribution in [3.05, 3.63) is 29.8 Å². The highest BCUT2D eigenvalue weighted by Crippen LogP contribution is 2.37. The lowest BCUT2D eigenvalue weighted by molar-refractivity contribution is 0.00805. The van der Waals surface area contributed by atoms with E-state index in [0.29, 0.717) is 4.99 Å². The molecule has 0 N–H and O–H groups in total. The van der Waals surface area contributed by atoms with Crippen molar-refractivity contribution in [3.63, 3.8) is 0 Å². The molecule has 0 aromatic heterocycles. The van der Waals surface area contributed by atoms with Crippen molar-refractivity contribution in [3.8, 4) is 5.75 Å². The van der Waals surface area contributed by atoms with Gasteiger partial charge in [-0.15, -0.1) is 0 Å². The van der Waals surface area contributed by atoms with Crippen LogP contribution in [0.15, 0.2) is 24.3 Å². The van der Waals surface area contributed by atoms with E-state index in [1.54, 1.807) is 0 Å². The van der Waals surface area contributed by atoms with Crippen molar-refractivity contribution < 1.29 is 4.74 Å². The molecule has 0 unspecified atom stereocenters. The minimum Gasteiger partial charge on any atom is -0.465 e. The number of benzene rings is 1. The molecule has 1 aromatic rings. The quantitative estimate of drug-likeness (QED) is 0.642. The van der Waals surface area contributed by atoms with Gasteiger partial charge in [0, 0.05) is 12.8 Å². The molecular weight excluding hydrogens is 218 g/mol. The van der Waals surface area contributed by atoms with Gasteiger partial charge in [-0.05, 0) is 25.0 Å². The van der Waals surface area contributed by atoms with Gasteiger partial charge in [0.15, 0.2) is 0 Å². The molecule has 1 fully saturated rings. The molecule has 0 saturated heterocycles. The fourth-order valence-corrected chi connectivity index (χ4v) is 2.86. The smallest absolute Gasteiger partial charge is 0.201 e. The van der Waals surface area contributed by atoms with E-state index in [0.717, 1.165) is 24.2 Å². The fourth-order valence-electron chi connectivity index (χ4n) is 2.52. The lowest BCUT2D eigenvalue weighted by Gasteiger charge is -2.40. The number of para-hydroxylation sites is 1. The molecule has 1 aliphatic carbocycles. The Hall–Kier alpha value is -1.09. The highest BCUT2D eigenvalue weighted by atomic mass is 32.1. The number of thiocarbonyl (C=S) groups is 1. The summed E-state index contributed by atoms with van der Waals surface area (Å²) < 4.78 is 6.08. The standard InChI is InChI=1S/C13H14NOS/c16-12-10-6-2-3-7-11(10)15-13(14-12)8-4-1-5-9-13/h2-3,6-7H,1,4-5,8-9H2. The monoisotopic (exact) mass is 232 g/mol. The van der Waals surface area contributed by atoms with Gasteiger partial charge in [-0.2, -0.15) is 0 Å². The summed E-state index contributed by atoms with van der Waals surface area (Å²) >= 11 is 5.37. The highest BCUT2D eigenvalue weighted by molar-refractivity contribution is 7.80. The van der Waals surface area contributed by atoms with E-state index in [1.807, 2.05) is 24.3 Å². The highest BCUT2D eigenvalue weighted by Gasteiger charge is 2.40. The van der Waals surface area contributed by atoms with Crippen LogP contribution in [-0.2, 0) is 0 Å². The Bertz CT molecular complexity index is 424. The van der Waals surface area contributed by atoms with Crippen LogP contribution < -0.4 is 10.1 Å². The van der Waals surface area contributed by atoms with Crippen LogP contribution in [0.2, 0.25) is 0 Å². The molecule has 1 aliphatic heterocycles. The van der Waals surface area contributed by atoms with Gasteiger partial charge in [-0.3, -0.25) is 0 Å². The molecule has 16 heavy (non-hydrogen) atoms. The van der Waals surface area contributed by atoms with Crippen LogP contribution in [0, 0.1) is 0 Å². The van der Waals surface area contributed by atoms with E-state index >= 15 is 0 Å². The molecule has 1 spiro atoms. The first-order chi connectivity index (χ1) is 7.79. The summed E-state index contributed by atoms with van der Waals surface area (Å²) in [6.45, 7) is 0. The molecule has 3 heteroatoms. The number of rotatable bonds is 0. The molecular formula is C13H14NOS. The first-order valence-electron chi connectivity index (χ1n) is 5.84. The van der Waals surface area contributed by atoms with Gasteiger partial charge in [0.05, 0.1) is 5.56 Å². The Balaban J connectivity index is 1.96. The normalized spacial score (nSPS) is 22.1. The molecule has 2 aliphatic rings. The first-order valence-corrected chi connectivity index (χ1v) is 6.25. The Morgan fingerprint density at radius 2 is 1.88 bits per heavy atom. The second-order valence-corrected chi connectivity index (χ2v) is 4.91. The molecule has 1 radical (unpaired) electrons. The second-order valence-electron chi connectivity index (χ2n) is 4.52. The predicted molar refractivity (Wildman–Crippen MR) is 66.7 cm³/mol. The third-order valence-electron chi connectivity index (χ3n) is 3.36. The van der Waals surface area contributed by atoms with Crippen LogP contribution in [0.3, 0.4) is 0 Å². The molecule has 1 heterocycles. The number of nitrogens with zero attached hydrogens (tertiary/aromatic N) is 1. The van der Waals surface area contributed by atoms with E-state index in [4.69, 9.17) is 17.0 Å². The molecule has 2 nitrogen and oxygen atoms in total. The van der Waals surface area contributed by atoms with E-state index in [9.17, 15) is 0 Å². The molecule has 1 aromatic carbocycles. The van der Waals surface area contributed by atoms with E-state index in [-0.39, 0.29) is 5.72 Å². The van der Waals surface area contributed by atoms with Crippen molar-refractivity contribution in [2.75, 3.05) is 0 Å². The van der Waals surface area contributed by atoms with Gasteiger partial charge in [0.25, 0.3) is 0 Å². The molecule has 0 bridgehead atoms. The minimum absolute atomic E-state index is 0.344. The summed E-state index contributed by atoms with van der Waals surface area (Å²) in [5.74, 6) is 0.907. The largest absolute Gasteiger partial charge is 0.465 e. The summed E-state index contributed by atoms with van der Waals surface area (Å²) in [6.07, 6.45) is 5.67. The summed E-state index contributed by atoms with van der Waals surface area (Å²) in [6, 6.07) is 7.94. The van der Waals surface area contributed by atoms with Gasteiger partial charge in [0.2, 0.25) is 5.72 Å². The van der Waals surface area contributed by atoms with Gasteiger partial charge < -0.3 is 4.74 Å². The van der Waals surface area contributed by atoms with Crippen LogP contribution >= 0.6 is 12.2 Å². The van der Waals surface area contributed by atoms with Crippen LogP contribution in [0.5, 0.6) is 5.75 Å². The average molecular weight is 232 g/mol. The van der Waals surface area contributed by atoms with Crippen molar-refractivity contribution >= 4 is 17.2 Å². The van der Waals surface area contributed by atoms with Crippen LogP contribution in [0.25, 0.3) is 0 Å². The van der Waals surface area contributed by atoms with Crippen molar-refractivity contribution in [1.82, 2.24) is 5.32 Å². The lowest BCUT2D eigenvalue weighted by atomic mass is 9.90. The number of ether oxygens (including phenoxy) is 1. The molecule has 1 saturated carbocycles. The summed E-state index contributed by atoms with van der Waals surface area (Å²) in [5, 5.41) is 4.62. The van der Waals surface area contributed by atoms with Crippen LogP contribution in [0.4, 0.5) is 0 Å². The molecule has 0 amide bonds. The van der Waals surface area contributed by atoms with Gasteiger partial charge in [0.1, 0.15) is 10.7 Å². The molecule has 0 atom stereocenters. The summed E-state index contributed by atoms with van der Waals surface area (Å²) in [7, 11) is 0. The first kappa shape index (κ1) is 10.1. The van der Waals surface area contributed by atoms with Gasteiger partial charge in [-0.1, -0.05) is 30.8 Å². The maximum Gasteiger partial charge on any atom is 0.201 e. The average Bonchev–Trinajstić information content (AvgIpc) is 2.30. The van der Waals surface area contributed by atoms with Gasteiger partial charge in [-0.25, -0.2) is 5.32 Å². The Kier molecular flexibility index (Phi) is 2.36. The molecule has 83 valence electrons. The zero-order valence-electron chi connectivity index (χ0n) is 9.11. The Labute approximate surface area is 101 Å². The number of hydrogen-bond acceptors (Lipinski definition) is 2. The SMILES string of the molecule is S=C1[N]C2(CCCCC2)Oc2ccccc21. The second kappa shape index (κ2) is 3.74. The van der Waals surface area contributed by atoms with Gasteiger partial charge >= 0.3 is 0 Å². The third kappa shape index (κ3) is 1.59. The Morgan fingerprint density at radius 1 is 1.12 bits per heavy atom. The minimum atomic E-state index is -0.344. The topological polar surface area (TPSA) is 23.3 Å². The lowest BCUT2D eigenvalue weighted by Crippen LogP contribution is -2.52. The zero-order chi connectivity index (χ0) is 11.0. The van der Waals surface area contributed by atoms with Crippen molar-refractivity contribution in [2.45, 2.75) is 37.8 Å². The van der Waals surface area contributed by atoms with Crippen LogP contribution in [0.1, 0.15) is 37.7 Å². The third-order valence-corrected chi connectivity index (χ3v) is 3.67. The van der Waals surface area contributed by atoms with E-state index in [1.165, 1.54) is 19.3 Å². The predicted octanol–water partition coefficient (Wildman–Crippen LogP) is 3.02. The maximum absolute atomic E-state index is 6.08. The maximum atomic E-state index is 6.08. The number of hydrogen-bond donors (Lipinski definition) is 0. The Morgan fingerprint density at radius 3 is 2.69 bits per heavy atom. The van der Waals surface area contributed by atoms with Crippen molar-refractivity contribution in [1.29, 1.82) is 0 Å². The van der Waals surface area contributed by atoms with Crippen molar-refractivity contribution in [2.24, 2.45) is 0 Å². The number of fused-ring (bicyclic) bond motifs is 1. The summed E-state index contributed by atoms with van der Waals surface area (Å²) in [4.78, 5) is 0.712. The van der Waals surface area contributed by atoms with E-state index in [2.05, 4.69) is 5.32 Å². The molecule has 3 rings (SSSR count).